The SMILES string of the molecule is CS(=O)(=O)Oc1cccc2c1C(N1CCNCC1)=Nc1ccccc1S2. The van der Waals surface area contributed by atoms with Gasteiger partial charge in [0, 0.05) is 36.0 Å². The van der Waals surface area contributed by atoms with Gasteiger partial charge in [0.15, 0.2) is 5.75 Å². The zero-order valence-electron chi connectivity index (χ0n) is 14.3. The molecule has 0 bridgehead atoms. The van der Waals surface area contributed by atoms with E-state index >= 15 is 0 Å². The number of nitrogens with one attached hydrogen (secondary N) is 1. The standard InChI is InChI=1S/C18H19N3O3S2/c1-26(22,23)24-14-6-4-8-16-17(14)18(21-11-9-19-10-12-21)20-13-5-2-3-7-15(13)25-16/h2-8,19H,9-12H2,1H3. The molecule has 0 aromatic heterocycles. The molecule has 0 saturated carbocycles. The molecule has 2 heterocycles. The number of benzene rings is 2. The summed E-state index contributed by atoms with van der Waals surface area (Å²) in [6.45, 7) is 3.33. The van der Waals surface area contributed by atoms with E-state index in [1.807, 2.05) is 36.4 Å². The highest BCUT2D eigenvalue weighted by Gasteiger charge is 2.27. The van der Waals surface area contributed by atoms with Crippen LogP contribution in [0.3, 0.4) is 0 Å². The molecule has 0 unspecified atom stereocenters. The zero-order chi connectivity index (χ0) is 18.1. The molecule has 2 aromatic rings. The lowest BCUT2D eigenvalue weighted by atomic mass is 10.1. The highest BCUT2D eigenvalue weighted by molar-refractivity contribution is 7.99. The van der Waals surface area contributed by atoms with E-state index in [-0.39, 0.29) is 0 Å². The Balaban J connectivity index is 1.91. The molecule has 6 nitrogen and oxygen atoms in total. The number of hydrogen-bond acceptors (Lipinski definition) is 7. The third kappa shape index (κ3) is 3.58. The van der Waals surface area contributed by atoms with Crippen molar-refractivity contribution in [1.29, 1.82) is 0 Å². The largest absolute Gasteiger partial charge is 0.382 e. The molecular formula is C18H19N3O3S2. The Morgan fingerprint density at radius 1 is 1.08 bits per heavy atom. The van der Waals surface area contributed by atoms with Gasteiger partial charge in [-0.15, -0.1) is 0 Å². The first-order valence-electron chi connectivity index (χ1n) is 8.35. The minimum Gasteiger partial charge on any atom is -0.382 e. The Kier molecular flexibility index (Phi) is 4.64. The Morgan fingerprint density at radius 3 is 2.58 bits per heavy atom. The van der Waals surface area contributed by atoms with Crippen LogP contribution in [0, 0.1) is 0 Å². The first-order chi connectivity index (χ1) is 12.5. The third-order valence-corrected chi connectivity index (χ3v) is 5.79. The van der Waals surface area contributed by atoms with Gasteiger partial charge >= 0.3 is 10.1 Å². The van der Waals surface area contributed by atoms with Crippen molar-refractivity contribution < 1.29 is 12.6 Å². The van der Waals surface area contributed by atoms with Crippen LogP contribution in [0.5, 0.6) is 5.75 Å². The van der Waals surface area contributed by atoms with Gasteiger partial charge in [-0.1, -0.05) is 30.0 Å². The van der Waals surface area contributed by atoms with Gasteiger partial charge in [0.25, 0.3) is 0 Å². The average Bonchev–Trinajstić information content (AvgIpc) is 2.78. The minimum atomic E-state index is -3.64. The lowest BCUT2D eigenvalue weighted by molar-refractivity contribution is 0.357. The fourth-order valence-corrected chi connectivity index (χ4v) is 4.59. The molecule has 1 fully saturated rings. The van der Waals surface area contributed by atoms with Crippen LogP contribution >= 0.6 is 11.8 Å². The molecule has 0 radical (unpaired) electrons. The van der Waals surface area contributed by atoms with Crippen molar-refractivity contribution in [2.75, 3.05) is 32.4 Å². The van der Waals surface area contributed by atoms with Crippen molar-refractivity contribution in [3.05, 3.63) is 48.0 Å². The van der Waals surface area contributed by atoms with Crippen molar-refractivity contribution in [3.63, 3.8) is 0 Å². The van der Waals surface area contributed by atoms with E-state index in [4.69, 9.17) is 9.18 Å². The Labute approximate surface area is 157 Å². The predicted molar refractivity (Wildman–Crippen MR) is 103 cm³/mol. The third-order valence-electron chi connectivity index (χ3n) is 4.18. The number of rotatable bonds is 2. The molecule has 2 aromatic carbocycles. The van der Waals surface area contributed by atoms with E-state index < -0.39 is 10.1 Å². The summed E-state index contributed by atoms with van der Waals surface area (Å²) in [5.74, 6) is 1.08. The maximum Gasteiger partial charge on any atom is 0.306 e. The number of aliphatic imine (C=N–C) groups is 1. The number of fused-ring (bicyclic) bond motifs is 2. The zero-order valence-corrected chi connectivity index (χ0v) is 15.9. The fourth-order valence-electron chi connectivity index (χ4n) is 3.08. The summed E-state index contributed by atoms with van der Waals surface area (Å²) in [5, 5.41) is 3.34. The maximum absolute atomic E-state index is 11.8. The van der Waals surface area contributed by atoms with Gasteiger partial charge in [-0.3, -0.25) is 0 Å². The van der Waals surface area contributed by atoms with E-state index in [0.717, 1.165) is 59.3 Å². The van der Waals surface area contributed by atoms with Crippen molar-refractivity contribution in [1.82, 2.24) is 10.2 Å². The lowest BCUT2D eigenvalue weighted by Crippen LogP contribution is -2.46. The van der Waals surface area contributed by atoms with Gasteiger partial charge in [-0.25, -0.2) is 4.99 Å². The smallest absolute Gasteiger partial charge is 0.306 e. The maximum atomic E-state index is 11.8. The van der Waals surface area contributed by atoms with Gasteiger partial charge in [0.1, 0.15) is 5.84 Å². The molecule has 1 N–H and O–H groups in total. The van der Waals surface area contributed by atoms with Crippen LogP contribution in [-0.2, 0) is 10.1 Å². The lowest BCUT2D eigenvalue weighted by Gasteiger charge is -2.31. The summed E-state index contributed by atoms with van der Waals surface area (Å²) in [7, 11) is -3.64. The van der Waals surface area contributed by atoms with Crippen LogP contribution in [0.25, 0.3) is 0 Å². The molecule has 2 aliphatic rings. The molecule has 0 atom stereocenters. The van der Waals surface area contributed by atoms with Gasteiger partial charge in [0.2, 0.25) is 0 Å². The molecule has 0 amide bonds. The van der Waals surface area contributed by atoms with Gasteiger partial charge < -0.3 is 14.4 Å². The molecule has 26 heavy (non-hydrogen) atoms. The number of nitrogens with zero attached hydrogens (tertiary/aromatic N) is 2. The predicted octanol–water partition coefficient (Wildman–Crippen LogP) is 2.47. The molecular weight excluding hydrogens is 370 g/mol. The van der Waals surface area contributed by atoms with Crippen LogP contribution in [-0.4, -0.2) is 51.6 Å². The molecule has 0 spiro atoms. The average molecular weight is 390 g/mol. The highest BCUT2D eigenvalue weighted by Crippen LogP contribution is 2.43. The van der Waals surface area contributed by atoms with Crippen molar-refractivity contribution in [2.24, 2.45) is 4.99 Å². The van der Waals surface area contributed by atoms with Crippen LogP contribution in [0.4, 0.5) is 5.69 Å². The van der Waals surface area contributed by atoms with E-state index in [0.29, 0.717) is 5.75 Å². The molecule has 8 heteroatoms. The normalized spacial score (nSPS) is 17.0. The van der Waals surface area contributed by atoms with E-state index in [1.54, 1.807) is 17.8 Å². The number of amidine groups is 1. The topological polar surface area (TPSA) is 71.0 Å². The van der Waals surface area contributed by atoms with Crippen LogP contribution < -0.4 is 9.50 Å². The van der Waals surface area contributed by atoms with Crippen LogP contribution in [0.1, 0.15) is 5.56 Å². The quantitative estimate of drug-likeness (QED) is 0.796. The Hall–Kier alpha value is -2.03. The van der Waals surface area contributed by atoms with Crippen molar-refractivity contribution in [3.8, 4) is 5.75 Å². The molecule has 0 aliphatic carbocycles. The summed E-state index contributed by atoms with van der Waals surface area (Å²) in [6, 6.07) is 13.4. The van der Waals surface area contributed by atoms with Crippen LogP contribution in [0.2, 0.25) is 0 Å². The second kappa shape index (κ2) is 6.94. The first kappa shape index (κ1) is 17.4. The Bertz CT molecular complexity index is 967. The number of para-hydroxylation sites is 1. The number of piperazine rings is 1. The summed E-state index contributed by atoms with van der Waals surface area (Å²) >= 11 is 1.58. The highest BCUT2D eigenvalue weighted by atomic mass is 32.2. The van der Waals surface area contributed by atoms with Gasteiger partial charge in [-0.2, -0.15) is 8.42 Å². The second-order valence-corrected chi connectivity index (χ2v) is 8.82. The first-order valence-corrected chi connectivity index (χ1v) is 11.0. The van der Waals surface area contributed by atoms with Gasteiger partial charge in [-0.05, 0) is 24.3 Å². The summed E-state index contributed by atoms with van der Waals surface area (Å²) in [4.78, 5) is 9.08. The Morgan fingerprint density at radius 2 is 1.81 bits per heavy atom. The van der Waals surface area contributed by atoms with Crippen molar-refractivity contribution in [2.45, 2.75) is 9.79 Å². The van der Waals surface area contributed by atoms with E-state index in [2.05, 4.69) is 10.2 Å². The van der Waals surface area contributed by atoms with Gasteiger partial charge in [0.05, 0.1) is 17.5 Å². The van der Waals surface area contributed by atoms with Crippen molar-refractivity contribution >= 4 is 33.4 Å². The summed E-state index contributed by atoms with van der Waals surface area (Å²) in [5.41, 5.74) is 1.62. The number of hydrogen-bond donors (Lipinski definition) is 1. The monoisotopic (exact) mass is 389 g/mol. The fraction of sp³-hybridized carbons (Fsp3) is 0.278. The minimum absolute atomic E-state index is 0.322. The molecule has 1 saturated heterocycles. The van der Waals surface area contributed by atoms with E-state index in [9.17, 15) is 8.42 Å². The molecule has 4 rings (SSSR count). The second-order valence-electron chi connectivity index (χ2n) is 6.16. The van der Waals surface area contributed by atoms with Crippen LogP contribution in [0.15, 0.2) is 57.2 Å². The van der Waals surface area contributed by atoms with E-state index in [1.165, 1.54) is 0 Å². The molecule has 2 aliphatic heterocycles. The molecule has 136 valence electrons. The summed E-state index contributed by atoms with van der Waals surface area (Å²) < 4.78 is 28.9. The summed E-state index contributed by atoms with van der Waals surface area (Å²) in [6.07, 6.45) is 1.06.